The number of nitrogens with two attached hydrogens (primary N) is 1. The van der Waals surface area contributed by atoms with Gasteiger partial charge in [0.15, 0.2) is 0 Å². The van der Waals surface area contributed by atoms with E-state index in [1.807, 2.05) is 19.9 Å². The van der Waals surface area contributed by atoms with Gasteiger partial charge in [-0.3, -0.25) is 48.1 Å². The van der Waals surface area contributed by atoms with E-state index >= 15 is 0 Å². The summed E-state index contributed by atoms with van der Waals surface area (Å²) in [6.45, 7) is 20.9. The van der Waals surface area contributed by atoms with Gasteiger partial charge in [-0.2, -0.15) is 0 Å². The average Bonchev–Trinajstić information content (AvgIpc) is 1.17. The van der Waals surface area contributed by atoms with Crippen molar-refractivity contribution in [3.05, 3.63) is 65.7 Å². The standard InChI is InChI=1S/C70H111N13O19/c1-18-41(8)57(49(99-16)34-53(87)83-33-23-27-48(83)59(100-17)42(9)61(89)76-43(10)58(88)44-24-20-19-21-25-44)81(14)65(93)55(39(4)5)80-64(92)56(40(6)7)82(15)69(98)101-60(66(94)95)45-28-30-46(31-29-45)77-62(90)47(26-22-32-72-67(71)96)78-63(91)54(38(2)3)79-52(86)37-74-50(84)35-73-51(85)36-75-68(97)102-70(11,12)13/h19-21,24-25,28-31,38-43,47-49,54-60,88H,18,22-23,26-27,32-37H2,1-17H3,(H,73,85)(H,74,84)(H,75,97)(H,76,89)(H,77,90)(H,78,91)(H,79,86)(H,80,92)(H,94,95)(H3,71,72,96)/t41-,42+,43+,47-,48-,49+,54-,55-,56-,57-,58+,59+,60?/m0/s1. The summed E-state index contributed by atoms with van der Waals surface area (Å²) in [5, 5.41) is 44.2. The van der Waals surface area contributed by atoms with Gasteiger partial charge in [0, 0.05) is 52.7 Å². The summed E-state index contributed by atoms with van der Waals surface area (Å²) in [6.07, 6.45) is -4.87. The van der Waals surface area contributed by atoms with Crippen molar-refractivity contribution >= 4 is 83.0 Å². The van der Waals surface area contributed by atoms with Crippen molar-refractivity contribution in [3.8, 4) is 0 Å². The third-order valence-electron chi connectivity index (χ3n) is 17.6. The number of carboxylic acid groups (broad SMARTS) is 1. The maximum absolute atomic E-state index is 14.9. The molecule has 1 saturated heterocycles. The fraction of sp³-hybridized carbons (Fsp3) is 0.643. The van der Waals surface area contributed by atoms with Crippen LogP contribution in [-0.2, 0) is 66.9 Å². The maximum atomic E-state index is 14.9. The molecular formula is C70H111N13O19. The number of hydrogen-bond acceptors (Lipinski definition) is 18. The zero-order valence-corrected chi connectivity index (χ0v) is 62.0. The SMILES string of the molecule is CC[C@H](C)[C@@H]([C@@H](CC(=O)N1CCC[C@H]1[C@H](OC)[C@@H](C)C(=O)N[C@H](C)[C@@H](O)c1ccccc1)OC)N(C)C(=O)[C@@H](NC(=O)[C@H](C(C)C)N(C)C(=O)OC(C(=O)O)c1ccc(NC(=O)[C@H](CCCNC(N)=O)NC(=O)[C@@H](NC(=O)CNC(=O)CNC(=O)CNC(=O)OC(C)(C)C)C(C)C)cc1)C(C)C. The van der Waals surface area contributed by atoms with Crippen LogP contribution in [-0.4, -0.2) is 223 Å². The molecule has 1 fully saturated rings. The molecule has 32 nitrogen and oxygen atoms in total. The average molecular weight is 1440 g/mol. The molecule has 0 bridgehead atoms. The second kappa shape index (κ2) is 41.7. The number of anilines is 1. The van der Waals surface area contributed by atoms with Crippen LogP contribution >= 0.6 is 0 Å². The number of amides is 13. The number of likely N-dealkylation sites (N-methyl/N-ethyl adjacent to an activating group) is 2. The molecule has 0 spiro atoms. The number of rotatable bonds is 39. The topological polar surface area (TPSA) is 443 Å². The molecule has 102 heavy (non-hydrogen) atoms. The van der Waals surface area contributed by atoms with Gasteiger partial charge in [-0.15, -0.1) is 0 Å². The number of aliphatic carboxylic acids is 1. The highest BCUT2D eigenvalue weighted by atomic mass is 16.6. The van der Waals surface area contributed by atoms with E-state index in [1.54, 1.807) is 112 Å². The molecule has 1 aliphatic rings. The minimum absolute atomic E-state index is 0.00667. The van der Waals surface area contributed by atoms with Crippen LogP contribution in [0.4, 0.5) is 20.1 Å². The van der Waals surface area contributed by atoms with Crippen molar-refractivity contribution in [1.82, 2.24) is 57.2 Å². The van der Waals surface area contributed by atoms with E-state index in [4.69, 9.17) is 24.7 Å². The third-order valence-corrected chi connectivity index (χ3v) is 17.6. The van der Waals surface area contributed by atoms with Crippen molar-refractivity contribution in [1.29, 1.82) is 0 Å². The zero-order chi connectivity index (χ0) is 77.0. The number of alkyl carbamates (subject to hydrolysis) is 1. The summed E-state index contributed by atoms with van der Waals surface area (Å²) >= 11 is 0. The highest BCUT2D eigenvalue weighted by molar-refractivity contribution is 5.99. The monoisotopic (exact) mass is 1440 g/mol. The number of methoxy groups -OCH3 is 2. The number of nitrogens with zero attached hydrogens (tertiary/aromatic N) is 3. The summed E-state index contributed by atoms with van der Waals surface area (Å²) in [5.41, 5.74) is 5.09. The van der Waals surface area contributed by atoms with Crippen molar-refractivity contribution in [2.75, 3.05) is 66.4 Å². The summed E-state index contributed by atoms with van der Waals surface area (Å²) in [4.78, 5) is 177. The number of likely N-dealkylation sites (tertiary alicyclic amines) is 1. The number of nitrogens with one attached hydrogen (secondary N) is 9. The van der Waals surface area contributed by atoms with E-state index in [9.17, 15) is 72.5 Å². The van der Waals surface area contributed by atoms with Gasteiger partial charge in [-0.1, -0.05) is 111 Å². The Bertz CT molecular complexity index is 3150. The smallest absolute Gasteiger partial charge is 0.411 e. The van der Waals surface area contributed by atoms with Crippen LogP contribution in [0.5, 0.6) is 0 Å². The minimum Gasteiger partial charge on any atom is -0.478 e. The van der Waals surface area contributed by atoms with Gasteiger partial charge in [0.25, 0.3) is 0 Å². The molecule has 13 atom stereocenters. The molecule has 1 unspecified atom stereocenters. The molecule has 570 valence electrons. The lowest BCUT2D eigenvalue weighted by molar-refractivity contribution is -0.148. The lowest BCUT2D eigenvalue weighted by Gasteiger charge is -2.41. The Labute approximate surface area is 597 Å². The van der Waals surface area contributed by atoms with E-state index < -0.39 is 181 Å². The number of primary amides is 1. The van der Waals surface area contributed by atoms with Gasteiger partial charge in [-0.05, 0) is 94.7 Å². The molecule has 32 heteroatoms. The summed E-state index contributed by atoms with van der Waals surface area (Å²) in [5.74, 6) is -10.1. The van der Waals surface area contributed by atoms with E-state index in [-0.39, 0.29) is 54.8 Å². The van der Waals surface area contributed by atoms with E-state index in [2.05, 4.69) is 47.9 Å². The van der Waals surface area contributed by atoms with Gasteiger partial charge in [0.05, 0.1) is 61.9 Å². The molecule has 13 N–H and O–H groups in total. The normalized spacial score (nSPS) is 16.5. The molecule has 0 aromatic heterocycles. The third kappa shape index (κ3) is 27.3. The summed E-state index contributed by atoms with van der Waals surface area (Å²) in [7, 11) is 5.77. The maximum Gasteiger partial charge on any atom is 0.411 e. The van der Waals surface area contributed by atoms with Gasteiger partial charge >= 0.3 is 24.2 Å². The summed E-state index contributed by atoms with van der Waals surface area (Å²) < 4.78 is 22.6. The van der Waals surface area contributed by atoms with Crippen LogP contribution in [0, 0.1) is 29.6 Å². The van der Waals surface area contributed by atoms with E-state index in [0.29, 0.717) is 31.4 Å². The second-order valence-electron chi connectivity index (χ2n) is 27.7. The first kappa shape index (κ1) is 87.0. The second-order valence-corrected chi connectivity index (χ2v) is 27.7. The Morgan fingerprint density at radius 2 is 1.25 bits per heavy atom. The number of aliphatic hydroxyl groups excluding tert-OH is 1. The molecule has 2 aromatic rings. The molecule has 0 radical (unpaired) electrons. The molecule has 1 heterocycles. The first-order chi connectivity index (χ1) is 47.8. The Balaban J connectivity index is 1.74. The predicted molar refractivity (Wildman–Crippen MR) is 376 cm³/mol. The highest BCUT2D eigenvalue weighted by Gasteiger charge is 2.44. The van der Waals surface area contributed by atoms with Crippen LogP contribution in [0.1, 0.15) is 152 Å². The Morgan fingerprint density at radius 1 is 0.667 bits per heavy atom. The lowest BCUT2D eigenvalue weighted by atomic mass is 9.89. The number of carbonyl (C=O) groups is 13. The molecule has 0 saturated carbocycles. The zero-order valence-electron chi connectivity index (χ0n) is 62.0. The van der Waals surface area contributed by atoms with Crippen LogP contribution in [0.15, 0.2) is 54.6 Å². The van der Waals surface area contributed by atoms with Crippen LogP contribution in [0.2, 0.25) is 0 Å². The number of carbonyl (C=O) groups excluding carboxylic acids is 12. The first-order valence-electron chi connectivity index (χ1n) is 34.4. The lowest BCUT2D eigenvalue weighted by Crippen LogP contribution is -2.60. The van der Waals surface area contributed by atoms with Crippen molar-refractivity contribution in [3.63, 3.8) is 0 Å². The quantitative estimate of drug-likeness (QED) is 0.0428. The van der Waals surface area contributed by atoms with Crippen molar-refractivity contribution in [2.45, 2.75) is 201 Å². The number of ether oxygens (including phenoxy) is 4. The Morgan fingerprint density at radius 3 is 1.78 bits per heavy atom. The predicted octanol–water partition coefficient (Wildman–Crippen LogP) is 2.97. The number of benzene rings is 2. The van der Waals surface area contributed by atoms with E-state index in [1.165, 1.54) is 50.4 Å². The van der Waals surface area contributed by atoms with Crippen LogP contribution < -0.4 is 53.6 Å². The van der Waals surface area contributed by atoms with Crippen LogP contribution in [0.3, 0.4) is 0 Å². The molecule has 3 rings (SSSR count). The van der Waals surface area contributed by atoms with Gasteiger partial charge in [0.2, 0.25) is 59.3 Å². The van der Waals surface area contributed by atoms with E-state index in [0.717, 1.165) is 4.90 Å². The van der Waals surface area contributed by atoms with Crippen molar-refractivity contribution in [2.24, 2.45) is 35.3 Å². The summed E-state index contributed by atoms with van der Waals surface area (Å²) in [6, 6.07) is 6.39. The fourth-order valence-electron chi connectivity index (χ4n) is 11.9. The van der Waals surface area contributed by atoms with Crippen molar-refractivity contribution < 1.29 is 91.5 Å². The van der Waals surface area contributed by atoms with Gasteiger partial charge < -0.3 is 92.5 Å². The van der Waals surface area contributed by atoms with Gasteiger partial charge in [-0.25, -0.2) is 19.2 Å². The number of urea groups is 1. The molecule has 13 amide bonds. The Hall–Kier alpha value is -9.17. The first-order valence-corrected chi connectivity index (χ1v) is 34.4. The number of carboxylic acids is 1. The minimum atomic E-state index is -1.96. The van der Waals surface area contributed by atoms with Gasteiger partial charge in [0.1, 0.15) is 36.3 Å². The molecular weight excluding hydrogens is 1330 g/mol. The largest absolute Gasteiger partial charge is 0.478 e. The number of aliphatic hydroxyl groups is 1. The Kier molecular flexibility index (Phi) is 35.6. The fourth-order valence-corrected chi connectivity index (χ4v) is 11.9. The number of hydrogen-bond donors (Lipinski definition) is 12. The van der Waals surface area contributed by atoms with Crippen LogP contribution in [0.25, 0.3) is 0 Å². The molecule has 0 aliphatic carbocycles. The highest BCUT2D eigenvalue weighted by Crippen LogP contribution is 2.31. The molecule has 1 aliphatic heterocycles. The molecule has 2 aromatic carbocycles.